The summed E-state index contributed by atoms with van der Waals surface area (Å²) in [6, 6.07) is 0.105. The zero-order chi connectivity index (χ0) is 13.9. The zero-order valence-corrected chi connectivity index (χ0v) is 11.7. The van der Waals surface area contributed by atoms with Gasteiger partial charge in [0, 0.05) is 45.2 Å². The predicted octanol–water partition coefficient (Wildman–Crippen LogP) is -0.566. The van der Waals surface area contributed by atoms with Crippen LogP contribution >= 0.6 is 0 Å². The van der Waals surface area contributed by atoms with E-state index in [9.17, 15) is 4.79 Å². The molecule has 2 aliphatic heterocycles. The van der Waals surface area contributed by atoms with Crippen LogP contribution in [0.1, 0.15) is 25.1 Å². The molecule has 1 amide bonds. The maximum Gasteiger partial charge on any atom is 0.224 e. The Morgan fingerprint density at radius 3 is 2.85 bits per heavy atom. The second-order valence-electron chi connectivity index (χ2n) is 5.59. The van der Waals surface area contributed by atoms with Crippen LogP contribution in [0.4, 0.5) is 0 Å². The molecule has 7 heteroatoms. The minimum Gasteiger partial charge on any atom is -0.343 e. The number of fused-ring (bicyclic) bond motifs is 1. The summed E-state index contributed by atoms with van der Waals surface area (Å²) in [6.07, 6.45) is 4.54. The van der Waals surface area contributed by atoms with Crippen molar-refractivity contribution in [2.24, 2.45) is 5.73 Å². The molecule has 3 heterocycles. The number of hydrogen-bond donors (Lipinski definition) is 1. The lowest BCUT2D eigenvalue weighted by atomic mass is 10.1. The van der Waals surface area contributed by atoms with Crippen LogP contribution in [0.5, 0.6) is 0 Å². The zero-order valence-electron chi connectivity index (χ0n) is 11.7. The molecule has 1 saturated heterocycles. The van der Waals surface area contributed by atoms with Crippen molar-refractivity contribution in [3.05, 3.63) is 12.2 Å². The number of hydrogen-bond acceptors (Lipinski definition) is 5. The number of rotatable bonds is 4. The van der Waals surface area contributed by atoms with Gasteiger partial charge in [-0.2, -0.15) is 0 Å². The topological polar surface area (TPSA) is 80.3 Å². The molecule has 2 aliphatic rings. The lowest BCUT2D eigenvalue weighted by molar-refractivity contribution is -0.131. The summed E-state index contributed by atoms with van der Waals surface area (Å²) < 4.78 is 2.06. The molecule has 1 aromatic rings. The van der Waals surface area contributed by atoms with E-state index in [1.165, 1.54) is 0 Å². The van der Waals surface area contributed by atoms with Crippen molar-refractivity contribution in [2.75, 3.05) is 26.2 Å². The third-order valence-electron chi connectivity index (χ3n) is 4.33. The van der Waals surface area contributed by atoms with Gasteiger partial charge in [-0.05, 0) is 12.8 Å². The van der Waals surface area contributed by atoms with Gasteiger partial charge in [0.1, 0.15) is 12.2 Å². The van der Waals surface area contributed by atoms with Crippen LogP contribution in [0.3, 0.4) is 0 Å². The monoisotopic (exact) mass is 278 g/mol. The van der Waals surface area contributed by atoms with Gasteiger partial charge >= 0.3 is 0 Å². The highest BCUT2D eigenvalue weighted by molar-refractivity contribution is 5.77. The maximum absolute atomic E-state index is 12.3. The average molecular weight is 278 g/mol. The van der Waals surface area contributed by atoms with Gasteiger partial charge in [-0.1, -0.05) is 0 Å². The summed E-state index contributed by atoms with van der Waals surface area (Å²) in [5.74, 6) is 1.20. The number of nitrogens with two attached hydrogens (primary N) is 1. The van der Waals surface area contributed by atoms with Crippen molar-refractivity contribution in [1.29, 1.82) is 0 Å². The van der Waals surface area contributed by atoms with E-state index in [0.717, 1.165) is 51.4 Å². The Hall–Kier alpha value is -1.47. The van der Waals surface area contributed by atoms with E-state index in [1.54, 1.807) is 6.33 Å². The van der Waals surface area contributed by atoms with Crippen molar-refractivity contribution in [3.63, 3.8) is 0 Å². The first-order valence-corrected chi connectivity index (χ1v) is 7.36. The number of amides is 1. The number of carbonyl (C=O) groups excluding carboxylic acids is 1. The summed E-state index contributed by atoms with van der Waals surface area (Å²) in [5.41, 5.74) is 5.89. The van der Waals surface area contributed by atoms with E-state index in [2.05, 4.69) is 19.7 Å². The molecule has 3 rings (SSSR count). The van der Waals surface area contributed by atoms with Gasteiger partial charge in [0.05, 0.1) is 6.54 Å². The van der Waals surface area contributed by atoms with Gasteiger partial charge in [-0.25, -0.2) is 0 Å². The van der Waals surface area contributed by atoms with Crippen LogP contribution < -0.4 is 5.73 Å². The van der Waals surface area contributed by atoms with Crippen LogP contribution in [0.15, 0.2) is 6.33 Å². The molecular formula is C13H22N6O. The summed E-state index contributed by atoms with van der Waals surface area (Å²) in [6.45, 7) is 4.83. The highest BCUT2D eigenvalue weighted by atomic mass is 16.2. The molecule has 1 aromatic heterocycles. The SMILES string of the molecule is NCC(CC(=O)N1CCCC1)N1CCn2cnnc2C1. The third-order valence-corrected chi connectivity index (χ3v) is 4.33. The summed E-state index contributed by atoms with van der Waals surface area (Å²) >= 11 is 0. The summed E-state index contributed by atoms with van der Waals surface area (Å²) in [4.78, 5) is 16.5. The van der Waals surface area contributed by atoms with E-state index in [4.69, 9.17) is 5.73 Å². The molecule has 1 unspecified atom stereocenters. The third kappa shape index (κ3) is 2.69. The van der Waals surface area contributed by atoms with Gasteiger partial charge in [0.2, 0.25) is 5.91 Å². The minimum absolute atomic E-state index is 0.105. The Morgan fingerprint density at radius 1 is 1.30 bits per heavy atom. The summed E-state index contributed by atoms with van der Waals surface area (Å²) in [7, 11) is 0. The van der Waals surface area contributed by atoms with Gasteiger partial charge in [-0.15, -0.1) is 10.2 Å². The molecular weight excluding hydrogens is 256 g/mol. The molecule has 1 fully saturated rings. The van der Waals surface area contributed by atoms with Crippen molar-refractivity contribution in [2.45, 2.75) is 38.4 Å². The first-order chi connectivity index (χ1) is 9.78. The largest absolute Gasteiger partial charge is 0.343 e. The fourth-order valence-corrected chi connectivity index (χ4v) is 3.06. The molecule has 2 N–H and O–H groups in total. The van der Waals surface area contributed by atoms with Crippen molar-refractivity contribution in [3.8, 4) is 0 Å². The quantitative estimate of drug-likeness (QED) is 0.798. The second kappa shape index (κ2) is 5.88. The number of carbonyl (C=O) groups is 1. The second-order valence-corrected chi connectivity index (χ2v) is 5.59. The molecule has 0 spiro atoms. The number of likely N-dealkylation sites (tertiary alicyclic amines) is 1. The fraction of sp³-hybridized carbons (Fsp3) is 0.769. The Bertz CT molecular complexity index is 467. The highest BCUT2D eigenvalue weighted by Gasteiger charge is 2.27. The van der Waals surface area contributed by atoms with Crippen LogP contribution in [-0.4, -0.2) is 62.7 Å². The van der Waals surface area contributed by atoms with E-state index in [-0.39, 0.29) is 11.9 Å². The molecule has 110 valence electrons. The van der Waals surface area contributed by atoms with Crippen LogP contribution in [0.25, 0.3) is 0 Å². The molecule has 0 bridgehead atoms. The Morgan fingerprint density at radius 2 is 2.10 bits per heavy atom. The van der Waals surface area contributed by atoms with Crippen molar-refractivity contribution < 1.29 is 4.79 Å². The molecule has 7 nitrogen and oxygen atoms in total. The molecule has 0 saturated carbocycles. The van der Waals surface area contributed by atoms with Gasteiger partial charge in [0.15, 0.2) is 0 Å². The Kier molecular flexibility index (Phi) is 3.98. The molecule has 0 aliphatic carbocycles. The van der Waals surface area contributed by atoms with E-state index in [1.807, 2.05) is 4.90 Å². The minimum atomic E-state index is 0.105. The number of aromatic nitrogens is 3. The molecule has 0 radical (unpaired) electrons. The van der Waals surface area contributed by atoms with Crippen LogP contribution in [0.2, 0.25) is 0 Å². The first-order valence-electron chi connectivity index (χ1n) is 7.36. The first kappa shape index (κ1) is 13.5. The maximum atomic E-state index is 12.3. The van der Waals surface area contributed by atoms with Crippen LogP contribution in [-0.2, 0) is 17.9 Å². The fourth-order valence-electron chi connectivity index (χ4n) is 3.06. The smallest absolute Gasteiger partial charge is 0.224 e. The predicted molar refractivity (Wildman–Crippen MR) is 73.7 cm³/mol. The highest BCUT2D eigenvalue weighted by Crippen LogP contribution is 2.16. The summed E-state index contributed by atoms with van der Waals surface area (Å²) in [5, 5.41) is 8.04. The average Bonchev–Trinajstić information content (AvgIpc) is 3.14. The van der Waals surface area contributed by atoms with Crippen molar-refractivity contribution in [1.82, 2.24) is 24.6 Å². The van der Waals surface area contributed by atoms with E-state index in [0.29, 0.717) is 13.0 Å². The van der Waals surface area contributed by atoms with Gasteiger partial charge in [0.25, 0.3) is 0 Å². The van der Waals surface area contributed by atoms with Crippen LogP contribution in [0, 0.1) is 0 Å². The van der Waals surface area contributed by atoms with Gasteiger partial charge < -0.3 is 15.2 Å². The normalized spacial score (nSPS) is 20.9. The standard InChI is InChI=1S/C13H22N6O/c14-8-11(7-13(20)17-3-1-2-4-17)18-5-6-19-10-15-16-12(19)9-18/h10-11H,1-9,14H2. The molecule has 1 atom stereocenters. The van der Waals surface area contributed by atoms with E-state index >= 15 is 0 Å². The van der Waals surface area contributed by atoms with E-state index < -0.39 is 0 Å². The lowest BCUT2D eigenvalue weighted by Crippen LogP contribution is -2.47. The molecule has 0 aromatic carbocycles. The Balaban J connectivity index is 1.60. The van der Waals surface area contributed by atoms with Crippen molar-refractivity contribution >= 4 is 5.91 Å². The van der Waals surface area contributed by atoms with Gasteiger partial charge in [-0.3, -0.25) is 9.69 Å². The number of nitrogens with zero attached hydrogens (tertiary/aromatic N) is 5. The Labute approximate surface area is 118 Å². The molecule has 20 heavy (non-hydrogen) atoms. The lowest BCUT2D eigenvalue weighted by Gasteiger charge is -2.34.